The number of nitrogens with one attached hydrogen (secondary N) is 3. The summed E-state index contributed by atoms with van der Waals surface area (Å²) in [6, 6.07) is 8.37. The van der Waals surface area contributed by atoms with E-state index in [-0.39, 0.29) is 18.9 Å². The number of amides is 3. The second-order valence-corrected chi connectivity index (χ2v) is 6.24. The zero-order chi connectivity index (χ0) is 19.8. The van der Waals surface area contributed by atoms with Crippen molar-refractivity contribution in [2.75, 3.05) is 19.6 Å². The predicted octanol–water partition coefficient (Wildman–Crippen LogP) is -0.236. The minimum Gasteiger partial charge on any atom is -0.444 e. The normalized spacial score (nSPS) is 17.1. The topological polar surface area (TPSA) is 117 Å². The first-order valence-corrected chi connectivity index (χ1v) is 8.66. The summed E-state index contributed by atoms with van der Waals surface area (Å²) in [5.74, 6) is -1.18. The van der Waals surface area contributed by atoms with Gasteiger partial charge < -0.3 is 15.4 Å². The summed E-state index contributed by atoms with van der Waals surface area (Å²) in [5.41, 5.74) is 0.842. The van der Waals surface area contributed by atoms with Crippen LogP contribution in [0.3, 0.4) is 0 Å². The van der Waals surface area contributed by atoms with Crippen LogP contribution < -0.4 is 16.0 Å². The Morgan fingerprint density at radius 1 is 1.26 bits per heavy atom. The van der Waals surface area contributed by atoms with Crippen LogP contribution >= 0.6 is 0 Å². The van der Waals surface area contributed by atoms with E-state index in [0.29, 0.717) is 13.1 Å². The number of benzene rings is 1. The van der Waals surface area contributed by atoms with Crippen LogP contribution in [0, 0.1) is 0 Å². The molecule has 1 saturated heterocycles. The quantitative estimate of drug-likeness (QED) is 0.605. The van der Waals surface area contributed by atoms with E-state index in [4.69, 9.17) is 4.74 Å². The highest BCUT2D eigenvalue weighted by molar-refractivity contribution is 5.92. The van der Waals surface area contributed by atoms with Crippen molar-refractivity contribution in [3.63, 3.8) is 0 Å². The number of ketones is 1. The maximum atomic E-state index is 12.4. The zero-order valence-corrected chi connectivity index (χ0v) is 15.4. The van der Waals surface area contributed by atoms with Gasteiger partial charge in [0.25, 0.3) is 5.91 Å². The third-order valence-electron chi connectivity index (χ3n) is 3.95. The lowest BCUT2D eigenvalue weighted by Crippen LogP contribution is -2.55. The molecule has 0 spiro atoms. The molecule has 2 rings (SSSR count). The molecule has 3 N–H and O–H groups in total. The van der Waals surface area contributed by atoms with Crippen LogP contribution in [0.1, 0.15) is 19.4 Å². The van der Waals surface area contributed by atoms with E-state index in [2.05, 4.69) is 16.0 Å². The average Bonchev–Trinajstić information content (AvgIpc) is 3.15. The van der Waals surface area contributed by atoms with Crippen LogP contribution in [-0.2, 0) is 25.7 Å². The molecule has 27 heavy (non-hydrogen) atoms. The van der Waals surface area contributed by atoms with Crippen LogP contribution in [0.2, 0.25) is 0 Å². The highest BCUT2D eigenvalue weighted by Crippen LogP contribution is 2.09. The first-order chi connectivity index (χ1) is 12.9. The molecule has 1 aliphatic heterocycles. The Morgan fingerprint density at radius 2 is 1.96 bits per heavy atom. The molecule has 1 aromatic carbocycles. The third kappa shape index (κ3) is 6.07. The maximum Gasteiger partial charge on any atom is 0.411 e. The fourth-order valence-electron chi connectivity index (χ4n) is 2.52. The van der Waals surface area contributed by atoms with Crippen LogP contribution in [0.25, 0.3) is 0 Å². The van der Waals surface area contributed by atoms with Crippen molar-refractivity contribution >= 4 is 23.7 Å². The molecule has 0 saturated carbocycles. The van der Waals surface area contributed by atoms with Crippen molar-refractivity contribution in [2.45, 2.75) is 32.7 Å². The largest absolute Gasteiger partial charge is 0.444 e. The molecular weight excluding hydrogens is 352 g/mol. The molecule has 2 atom stereocenters. The smallest absolute Gasteiger partial charge is 0.411 e. The summed E-state index contributed by atoms with van der Waals surface area (Å²) in [6.45, 7) is 3.61. The van der Waals surface area contributed by atoms with Crippen molar-refractivity contribution in [3.8, 4) is 0 Å². The Bertz CT molecular complexity index is 694. The molecule has 9 heteroatoms. The number of hydrogen-bond donors (Lipinski definition) is 3. The van der Waals surface area contributed by atoms with E-state index in [1.54, 1.807) is 0 Å². The third-order valence-corrected chi connectivity index (χ3v) is 3.95. The number of Topliss-reactive ketones (excluding diaryl/α,β-unsaturated/α-hetero) is 1. The Labute approximate surface area is 157 Å². The summed E-state index contributed by atoms with van der Waals surface area (Å²) >= 11 is 0. The molecule has 9 nitrogen and oxygen atoms in total. The van der Waals surface area contributed by atoms with Gasteiger partial charge in [0, 0.05) is 13.1 Å². The van der Waals surface area contributed by atoms with E-state index in [0.717, 1.165) is 5.56 Å². The van der Waals surface area contributed by atoms with Crippen molar-refractivity contribution in [1.29, 1.82) is 0 Å². The molecule has 1 heterocycles. The van der Waals surface area contributed by atoms with Gasteiger partial charge in [0.2, 0.25) is 5.91 Å². The van der Waals surface area contributed by atoms with Crippen LogP contribution in [0.15, 0.2) is 30.3 Å². The lowest BCUT2D eigenvalue weighted by atomic mass is 10.2. The number of rotatable bonds is 7. The Morgan fingerprint density at radius 3 is 2.63 bits per heavy atom. The minimum atomic E-state index is -0.920. The first-order valence-electron chi connectivity index (χ1n) is 8.66. The summed E-state index contributed by atoms with van der Waals surface area (Å²) in [7, 11) is 0. The van der Waals surface area contributed by atoms with Crippen molar-refractivity contribution in [1.82, 2.24) is 20.9 Å². The van der Waals surface area contributed by atoms with Gasteiger partial charge in [-0.2, -0.15) is 0 Å². The first kappa shape index (κ1) is 20.4. The van der Waals surface area contributed by atoms with Gasteiger partial charge in [0.1, 0.15) is 18.4 Å². The van der Waals surface area contributed by atoms with Gasteiger partial charge >= 0.3 is 6.09 Å². The lowest BCUT2D eigenvalue weighted by molar-refractivity contribution is -0.131. The molecule has 1 fully saturated rings. The summed E-state index contributed by atoms with van der Waals surface area (Å²) in [4.78, 5) is 48.8. The number of carbonyl (C=O) groups excluding carboxylic acids is 4. The van der Waals surface area contributed by atoms with E-state index >= 15 is 0 Å². The van der Waals surface area contributed by atoms with Gasteiger partial charge in [-0.05, 0) is 19.4 Å². The molecular formula is C18H24N4O5. The van der Waals surface area contributed by atoms with Crippen molar-refractivity contribution in [2.24, 2.45) is 0 Å². The van der Waals surface area contributed by atoms with Gasteiger partial charge in [-0.3, -0.25) is 24.6 Å². The maximum absolute atomic E-state index is 12.4. The van der Waals surface area contributed by atoms with Gasteiger partial charge in [0.05, 0.1) is 6.54 Å². The summed E-state index contributed by atoms with van der Waals surface area (Å²) in [5, 5.41) is 7.86. The monoisotopic (exact) mass is 376 g/mol. The van der Waals surface area contributed by atoms with Gasteiger partial charge in [-0.15, -0.1) is 0 Å². The van der Waals surface area contributed by atoms with Crippen molar-refractivity contribution < 1.29 is 23.9 Å². The zero-order valence-electron chi connectivity index (χ0n) is 15.4. The number of hydrogen-bond acceptors (Lipinski definition) is 6. The Balaban J connectivity index is 1.86. The van der Waals surface area contributed by atoms with E-state index in [1.807, 2.05) is 30.3 Å². The van der Waals surface area contributed by atoms with Crippen molar-refractivity contribution in [3.05, 3.63) is 35.9 Å². The SMILES string of the molecule is CC(=O)CNC(=O)[C@H](C)NC(=O)C1NCCN1C(=O)OCc1ccccc1. The lowest BCUT2D eigenvalue weighted by Gasteiger charge is -2.24. The molecule has 0 radical (unpaired) electrons. The van der Waals surface area contributed by atoms with Gasteiger partial charge in [0.15, 0.2) is 6.17 Å². The second kappa shape index (κ2) is 9.67. The fraction of sp³-hybridized carbons (Fsp3) is 0.444. The van der Waals surface area contributed by atoms with Crippen LogP contribution in [0.5, 0.6) is 0 Å². The molecule has 1 aromatic rings. The van der Waals surface area contributed by atoms with Gasteiger partial charge in [-0.25, -0.2) is 4.79 Å². The minimum absolute atomic E-state index is 0.0986. The number of carbonyl (C=O) groups is 4. The van der Waals surface area contributed by atoms with E-state index < -0.39 is 30.1 Å². The number of nitrogens with zero attached hydrogens (tertiary/aromatic N) is 1. The summed E-state index contributed by atoms with van der Waals surface area (Å²) in [6.07, 6.45) is -1.53. The van der Waals surface area contributed by atoms with E-state index in [9.17, 15) is 19.2 Å². The molecule has 0 aliphatic carbocycles. The van der Waals surface area contributed by atoms with Crippen LogP contribution in [-0.4, -0.2) is 60.4 Å². The highest BCUT2D eigenvalue weighted by atomic mass is 16.6. The molecule has 0 aromatic heterocycles. The van der Waals surface area contributed by atoms with Crippen LogP contribution in [0.4, 0.5) is 4.79 Å². The number of ether oxygens (including phenoxy) is 1. The Kier molecular flexibility index (Phi) is 7.30. The highest BCUT2D eigenvalue weighted by Gasteiger charge is 2.35. The summed E-state index contributed by atoms with van der Waals surface area (Å²) < 4.78 is 5.26. The van der Waals surface area contributed by atoms with E-state index in [1.165, 1.54) is 18.7 Å². The fourth-order valence-corrected chi connectivity index (χ4v) is 2.52. The molecule has 3 amide bonds. The molecule has 1 aliphatic rings. The van der Waals surface area contributed by atoms with Gasteiger partial charge in [-0.1, -0.05) is 30.3 Å². The molecule has 1 unspecified atom stereocenters. The predicted molar refractivity (Wildman–Crippen MR) is 96.4 cm³/mol. The molecule has 146 valence electrons. The standard InChI is InChI=1S/C18H24N4O5/c1-12(23)10-20-16(24)13(2)21-17(25)15-19-8-9-22(15)18(26)27-11-14-6-4-3-5-7-14/h3-7,13,15,19H,8-11H2,1-2H3,(H,20,24)(H,21,25)/t13-,15?/m0/s1. The molecule has 0 bridgehead atoms. The Hall–Kier alpha value is -2.94. The second-order valence-electron chi connectivity index (χ2n) is 6.24. The average molecular weight is 376 g/mol.